The molecule has 3 rings (SSSR count). The number of halogens is 1. The monoisotopic (exact) mass is 290 g/mol. The van der Waals surface area contributed by atoms with Crippen LogP contribution in [0.25, 0.3) is 0 Å². The minimum atomic E-state index is -0.119. The fourth-order valence-electron chi connectivity index (χ4n) is 2.55. The average molecular weight is 291 g/mol. The van der Waals surface area contributed by atoms with Crippen molar-refractivity contribution in [2.75, 3.05) is 11.9 Å². The highest BCUT2D eigenvalue weighted by atomic mass is 35.5. The Morgan fingerprint density at radius 1 is 1.35 bits per heavy atom. The number of amides is 2. The molecule has 1 saturated heterocycles. The Morgan fingerprint density at radius 2 is 2.25 bits per heavy atom. The van der Waals surface area contributed by atoms with Crippen LogP contribution in [0.4, 0.5) is 10.5 Å². The Morgan fingerprint density at radius 3 is 3.00 bits per heavy atom. The molecule has 1 aliphatic rings. The van der Waals surface area contributed by atoms with Gasteiger partial charge in [-0.2, -0.15) is 0 Å². The van der Waals surface area contributed by atoms with Crippen LogP contribution in [0.15, 0.2) is 47.1 Å². The Bertz CT molecular complexity index is 598. The second kappa shape index (κ2) is 5.59. The first-order valence-electron chi connectivity index (χ1n) is 6.60. The lowest BCUT2D eigenvalue weighted by atomic mass is 10.2. The maximum Gasteiger partial charge on any atom is 0.322 e. The Hall–Kier alpha value is -1.94. The zero-order chi connectivity index (χ0) is 13.9. The van der Waals surface area contributed by atoms with E-state index in [2.05, 4.69) is 5.32 Å². The predicted octanol–water partition coefficient (Wildman–Crippen LogP) is 4.30. The van der Waals surface area contributed by atoms with E-state index < -0.39 is 0 Å². The molecule has 104 valence electrons. The van der Waals surface area contributed by atoms with Gasteiger partial charge in [-0.1, -0.05) is 17.7 Å². The first-order valence-corrected chi connectivity index (χ1v) is 6.98. The van der Waals surface area contributed by atoms with Gasteiger partial charge in [0.15, 0.2) is 0 Å². The number of anilines is 1. The Balaban J connectivity index is 1.73. The van der Waals surface area contributed by atoms with Crippen molar-refractivity contribution in [1.29, 1.82) is 0 Å². The number of hydrogen-bond acceptors (Lipinski definition) is 2. The summed E-state index contributed by atoms with van der Waals surface area (Å²) < 4.78 is 5.42. The van der Waals surface area contributed by atoms with Gasteiger partial charge in [-0.15, -0.1) is 0 Å². The van der Waals surface area contributed by atoms with Gasteiger partial charge in [-0.3, -0.25) is 0 Å². The predicted molar refractivity (Wildman–Crippen MR) is 77.9 cm³/mol. The summed E-state index contributed by atoms with van der Waals surface area (Å²) in [5, 5.41) is 3.48. The van der Waals surface area contributed by atoms with E-state index in [1.165, 1.54) is 0 Å². The summed E-state index contributed by atoms with van der Waals surface area (Å²) in [4.78, 5) is 14.2. The molecular formula is C15H15ClN2O2. The summed E-state index contributed by atoms with van der Waals surface area (Å²) in [6.07, 6.45) is 3.55. The molecule has 0 unspecified atom stereocenters. The van der Waals surface area contributed by atoms with Crippen molar-refractivity contribution >= 4 is 23.3 Å². The van der Waals surface area contributed by atoms with Crippen LogP contribution >= 0.6 is 11.6 Å². The maximum absolute atomic E-state index is 12.4. The van der Waals surface area contributed by atoms with E-state index in [0.29, 0.717) is 10.7 Å². The number of benzene rings is 1. The molecule has 0 saturated carbocycles. The molecule has 5 heteroatoms. The molecule has 1 aliphatic heterocycles. The number of rotatable bonds is 2. The van der Waals surface area contributed by atoms with Gasteiger partial charge in [-0.05, 0) is 43.2 Å². The van der Waals surface area contributed by atoms with Crippen LogP contribution in [0.2, 0.25) is 5.02 Å². The van der Waals surface area contributed by atoms with Crippen molar-refractivity contribution in [3.05, 3.63) is 53.4 Å². The van der Waals surface area contributed by atoms with Gasteiger partial charge >= 0.3 is 6.03 Å². The van der Waals surface area contributed by atoms with Gasteiger partial charge in [0, 0.05) is 17.3 Å². The second-order valence-electron chi connectivity index (χ2n) is 4.81. The molecule has 0 aliphatic carbocycles. The van der Waals surface area contributed by atoms with Crippen LogP contribution in [-0.4, -0.2) is 17.5 Å². The summed E-state index contributed by atoms with van der Waals surface area (Å²) >= 11 is 5.92. The summed E-state index contributed by atoms with van der Waals surface area (Å²) in [7, 11) is 0. The van der Waals surface area contributed by atoms with Gasteiger partial charge < -0.3 is 14.6 Å². The van der Waals surface area contributed by atoms with Gasteiger partial charge in [-0.25, -0.2) is 4.79 Å². The number of nitrogens with one attached hydrogen (secondary N) is 1. The molecule has 1 fully saturated rings. The molecule has 2 aromatic rings. The van der Waals surface area contributed by atoms with E-state index >= 15 is 0 Å². The molecule has 1 aromatic heterocycles. The largest absolute Gasteiger partial charge is 0.467 e. The number of nitrogens with zero attached hydrogens (tertiary/aromatic N) is 1. The molecule has 2 heterocycles. The third-order valence-electron chi connectivity index (χ3n) is 3.46. The molecule has 1 atom stereocenters. The molecule has 0 radical (unpaired) electrons. The van der Waals surface area contributed by atoms with Crippen molar-refractivity contribution in [2.24, 2.45) is 0 Å². The fourth-order valence-corrected chi connectivity index (χ4v) is 2.74. The number of carbonyl (C=O) groups excluding carboxylic acids is 1. The molecule has 1 N–H and O–H groups in total. The standard InChI is InChI=1S/C15H15ClN2O2/c16-11-4-1-5-12(10-11)17-15(19)18-8-2-6-13(18)14-7-3-9-20-14/h1,3-5,7,9-10,13H,2,6,8H2,(H,17,19)/t13-/m1/s1. The molecule has 20 heavy (non-hydrogen) atoms. The van der Waals surface area contributed by atoms with Crippen LogP contribution in [0.1, 0.15) is 24.6 Å². The molecule has 0 bridgehead atoms. The number of furan rings is 1. The third kappa shape index (κ3) is 2.65. The highest BCUT2D eigenvalue weighted by molar-refractivity contribution is 6.30. The SMILES string of the molecule is O=C(Nc1cccc(Cl)c1)N1CCC[C@@H]1c1ccco1. The first kappa shape index (κ1) is 13.1. The molecular weight excluding hydrogens is 276 g/mol. The zero-order valence-electron chi connectivity index (χ0n) is 10.9. The number of carbonyl (C=O) groups is 1. The molecule has 0 spiro atoms. The van der Waals surface area contributed by atoms with Crippen molar-refractivity contribution in [2.45, 2.75) is 18.9 Å². The fraction of sp³-hybridized carbons (Fsp3) is 0.267. The quantitative estimate of drug-likeness (QED) is 0.896. The lowest BCUT2D eigenvalue weighted by Crippen LogP contribution is -2.34. The highest BCUT2D eigenvalue weighted by Gasteiger charge is 2.31. The minimum absolute atomic E-state index is 0.0178. The number of urea groups is 1. The van der Waals surface area contributed by atoms with Crippen LogP contribution in [-0.2, 0) is 0 Å². The Labute approximate surface area is 122 Å². The Kier molecular flexibility index (Phi) is 3.65. The lowest BCUT2D eigenvalue weighted by Gasteiger charge is -2.23. The maximum atomic E-state index is 12.4. The minimum Gasteiger partial charge on any atom is -0.467 e. The highest BCUT2D eigenvalue weighted by Crippen LogP contribution is 2.32. The van der Waals surface area contributed by atoms with Gasteiger partial charge in [0.25, 0.3) is 0 Å². The number of hydrogen-bond donors (Lipinski definition) is 1. The van der Waals surface area contributed by atoms with E-state index in [9.17, 15) is 4.79 Å². The smallest absolute Gasteiger partial charge is 0.322 e. The molecule has 2 amide bonds. The van der Waals surface area contributed by atoms with E-state index in [-0.39, 0.29) is 12.1 Å². The number of likely N-dealkylation sites (tertiary alicyclic amines) is 1. The second-order valence-corrected chi connectivity index (χ2v) is 5.24. The van der Waals surface area contributed by atoms with E-state index in [1.54, 1.807) is 23.3 Å². The van der Waals surface area contributed by atoms with Gasteiger partial charge in [0.2, 0.25) is 0 Å². The van der Waals surface area contributed by atoms with Crippen LogP contribution < -0.4 is 5.32 Å². The summed E-state index contributed by atoms with van der Waals surface area (Å²) in [5.74, 6) is 0.837. The average Bonchev–Trinajstić information content (AvgIpc) is 3.09. The van der Waals surface area contributed by atoms with Crippen molar-refractivity contribution < 1.29 is 9.21 Å². The lowest BCUT2D eigenvalue weighted by molar-refractivity contribution is 0.200. The van der Waals surface area contributed by atoms with E-state index in [4.69, 9.17) is 16.0 Å². The van der Waals surface area contributed by atoms with Gasteiger partial charge in [0.05, 0.1) is 12.3 Å². The van der Waals surface area contributed by atoms with Crippen molar-refractivity contribution in [3.63, 3.8) is 0 Å². The summed E-state index contributed by atoms with van der Waals surface area (Å²) in [6.45, 7) is 0.734. The normalized spacial score (nSPS) is 18.2. The zero-order valence-corrected chi connectivity index (χ0v) is 11.6. The topological polar surface area (TPSA) is 45.5 Å². The van der Waals surface area contributed by atoms with Gasteiger partial charge in [0.1, 0.15) is 5.76 Å². The third-order valence-corrected chi connectivity index (χ3v) is 3.70. The first-order chi connectivity index (χ1) is 9.74. The van der Waals surface area contributed by atoms with Crippen LogP contribution in [0.3, 0.4) is 0 Å². The van der Waals surface area contributed by atoms with Crippen LogP contribution in [0.5, 0.6) is 0 Å². The summed E-state index contributed by atoms with van der Waals surface area (Å²) in [5.41, 5.74) is 0.701. The van der Waals surface area contributed by atoms with Crippen LogP contribution in [0, 0.1) is 0 Å². The van der Waals surface area contributed by atoms with Crippen molar-refractivity contribution in [1.82, 2.24) is 4.90 Å². The molecule has 4 nitrogen and oxygen atoms in total. The van der Waals surface area contributed by atoms with E-state index in [0.717, 1.165) is 25.1 Å². The molecule has 1 aromatic carbocycles. The van der Waals surface area contributed by atoms with E-state index in [1.807, 2.05) is 24.3 Å². The van der Waals surface area contributed by atoms with Crippen molar-refractivity contribution in [3.8, 4) is 0 Å². The summed E-state index contributed by atoms with van der Waals surface area (Å²) in [6, 6.07) is 10.8.